The first-order valence-electron chi connectivity index (χ1n) is 10.6. The molecule has 0 atom stereocenters. The number of carbonyl (C=O) groups excluding carboxylic acids is 1. The smallest absolute Gasteiger partial charge is 0.345 e. The predicted octanol–water partition coefficient (Wildman–Crippen LogP) is 6.11. The van der Waals surface area contributed by atoms with Crippen LogP contribution in [0.5, 0.6) is 5.75 Å². The minimum Gasteiger partial charge on any atom is -0.508 e. The first kappa shape index (κ1) is 26.2. The number of hydrogen-bond donors (Lipinski definition) is 3. The highest BCUT2D eigenvalue weighted by molar-refractivity contribution is 8.04. The average molecular weight is 478 g/mol. The van der Waals surface area contributed by atoms with Crippen molar-refractivity contribution >= 4 is 37.0 Å². The second-order valence-corrected chi connectivity index (χ2v) is 11.3. The van der Waals surface area contributed by atoms with Crippen molar-refractivity contribution < 1.29 is 24.3 Å². The minimum atomic E-state index is -4.44. The van der Waals surface area contributed by atoms with Crippen LogP contribution in [-0.4, -0.2) is 27.1 Å². The number of para-hydroxylation sites is 1. The highest BCUT2D eigenvalue weighted by atomic mass is 32.2. The van der Waals surface area contributed by atoms with E-state index in [0.29, 0.717) is 10.6 Å². The summed E-state index contributed by atoms with van der Waals surface area (Å²) in [5.41, 5.74) is 1.69. The standard InChI is InChI=1S/C20H22NO5PS.C4H10/c1-20(2,3)14-10-13(8-9-16(14)22)11-18-19(23)21(12-27(24,25)26)15-6-4-5-7-17(15)28-18;1-3-4-2/h4-11,22H,12H2,1-3H3,(H2,24,25,26);3-4H2,1-2H3/b18-11+;. The lowest BCUT2D eigenvalue weighted by Gasteiger charge is -2.30. The Kier molecular flexibility index (Phi) is 8.77. The molecule has 0 aromatic heterocycles. The van der Waals surface area contributed by atoms with E-state index in [9.17, 15) is 24.3 Å². The quantitative estimate of drug-likeness (QED) is 0.363. The zero-order chi connectivity index (χ0) is 24.1. The van der Waals surface area contributed by atoms with Crippen LogP contribution in [0, 0.1) is 0 Å². The molecule has 3 N–H and O–H groups in total. The molecule has 0 bridgehead atoms. The monoisotopic (exact) mass is 477 g/mol. The number of unbranched alkanes of at least 4 members (excludes halogenated alkanes) is 1. The molecule has 1 aliphatic heterocycles. The number of nitrogens with zero attached hydrogens (tertiary/aromatic N) is 1. The summed E-state index contributed by atoms with van der Waals surface area (Å²) in [6.45, 7) is 10.3. The number of rotatable bonds is 4. The van der Waals surface area contributed by atoms with Crippen LogP contribution in [0.1, 0.15) is 58.6 Å². The Morgan fingerprint density at radius 2 is 1.69 bits per heavy atom. The molecule has 0 saturated heterocycles. The summed E-state index contributed by atoms with van der Waals surface area (Å²) in [5, 5.41) is 10.1. The van der Waals surface area contributed by atoms with Gasteiger partial charge in [-0.3, -0.25) is 14.3 Å². The lowest BCUT2D eigenvalue weighted by molar-refractivity contribution is -0.114. The number of benzene rings is 2. The Bertz CT molecular complexity index is 1040. The number of phenols is 1. The molecule has 0 spiro atoms. The van der Waals surface area contributed by atoms with E-state index in [1.807, 2.05) is 39.0 Å². The highest BCUT2D eigenvalue weighted by Gasteiger charge is 2.33. The van der Waals surface area contributed by atoms with Gasteiger partial charge in [0, 0.05) is 4.90 Å². The molecule has 174 valence electrons. The molecule has 8 heteroatoms. The molecule has 32 heavy (non-hydrogen) atoms. The largest absolute Gasteiger partial charge is 0.508 e. The maximum Gasteiger partial charge on any atom is 0.345 e. The summed E-state index contributed by atoms with van der Waals surface area (Å²) in [4.78, 5) is 34.0. The normalized spacial score (nSPS) is 15.3. The third-order valence-corrected chi connectivity index (χ3v) is 6.51. The van der Waals surface area contributed by atoms with Crippen LogP contribution >= 0.6 is 19.4 Å². The van der Waals surface area contributed by atoms with Gasteiger partial charge in [0.25, 0.3) is 5.91 Å². The molecule has 2 aromatic carbocycles. The van der Waals surface area contributed by atoms with E-state index in [4.69, 9.17) is 0 Å². The fourth-order valence-electron chi connectivity index (χ4n) is 2.98. The van der Waals surface area contributed by atoms with Crippen molar-refractivity contribution in [3.05, 3.63) is 58.5 Å². The Morgan fingerprint density at radius 1 is 1.06 bits per heavy atom. The summed E-state index contributed by atoms with van der Waals surface area (Å²) < 4.78 is 11.6. The van der Waals surface area contributed by atoms with Gasteiger partial charge in [0.05, 0.1) is 10.6 Å². The van der Waals surface area contributed by atoms with Crippen LogP contribution in [0.25, 0.3) is 6.08 Å². The van der Waals surface area contributed by atoms with Crippen LogP contribution in [0.3, 0.4) is 0 Å². The van der Waals surface area contributed by atoms with Gasteiger partial charge in [0.15, 0.2) is 0 Å². The fraction of sp³-hybridized carbons (Fsp3) is 0.375. The third-order valence-electron chi connectivity index (χ3n) is 4.78. The second kappa shape index (κ2) is 10.7. The molecule has 6 nitrogen and oxygen atoms in total. The highest BCUT2D eigenvalue weighted by Crippen LogP contribution is 2.46. The van der Waals surface area contributed by atoms with Crippen molar-refractivity contribution in [2.75, 3.05) is 11.2 Å². The van der Waals surface area contributed by atoms with Gasteiger partial charge in [-0.15, -0.1) is 0 Å². The zero-order valence-electron chi connectivity index (χ0n) is 19.2. The van der Waals surface area contributed by atoms with Crippen molar-refractivity contribution in [1.82, 2.24) is 0 Å². The van der Waals surface area contributed by atoms with E-state index in [-0.39, 0.29) is 11.2 Å². The van der Waals surface area contributed by atoms with Gasteiger partial charge in [-0.05, 0) is 46.9 Å². The molecular weight excluding hydrogens is 445 g/mol. The first-order chi connectivity index (χ1) is 14.9. The minimum absolute atomic E-state index is 0.186. The van der Waals surface area contributed by atoms with E-state index in [1.165, 1.54) is 24.6 Å². The van der Waals surface area contributed by atoms with Gasteiger partial charge in [0.1, 0.15) is 12.0 Å². The summed E-state index contributed by atoms with van der Waals surface area (Å²) in [7, 11) is -4.44. The Labute approximate surface area is 194 Å². The lowest BCUT2D eigenvalue weighted by Crippen LogP contribution is -2.35. The SMILES string of the molecule is CC(C)(C)c1cc(/C=C2/Sc3ccccc3N(CP(=O)(O)O)C2=O)ccc1O.CCCC. The van der Waals surface area contributed by atoms with Crippen molar-refractivity contribution in [1.29, 1.82) is 0 Å². The molecule has 0 saturated carbocycles. The molecule has 1 amide bonds. The summed E-state index contributed by atoms with van der Waals surface area (Å²) >= 11 is 1.26. The summed E-state index contributed by atoms with van der Waals surface area (Å²) in [6.07, 6.45) is 3.65. The number of thioether (sulfide) groups is 1. The summed E-state index contributed by atoms with van der Waals surface area (Å²) in [6, 6.07) is 12.1. The maximum absolute atomic E-state index is 13.0. The number of aromatic hydroxyl groups is 1. The van der Waals surface area contributed by atoms with Gasteiger partial charge in [0.2, 0.25) is 0 Å². The molecule has 0 radical (unpaired) electrons. The molecule has 0 unspecified atom stereocenters. The first-order valence-corrected chi connectivity index (χ1v) is 13.2. The zero-order valence-corrected chi connectivity index (χ0v) is 20.9. The van der Waals surface area contributed by atoms with E-state index < -0.39 is 19.8 Å². The Balaban J connectivity index is 0.000000837. The Hall–Kier alpha value is -2.05. The molecule has 0 fully saturated rings. The number of carbonyl (C=O) groups is 1. The number of anilines is 1. The van der Waals surface area contributed by atoms with E-state index in [0.717, 1.165) is 20.9 Å². The Morgan fingerprint density at radius 3 is 2.25 bits per heavy atom. The number of phenolic OH excluding ortho intramolecular Hbond substituents is 1. The number of fused-ring (bicyclic) bond motifs is 1. The van der Waals surface area contributed by atoms with Crippen molar-refractivity contribution in [3.8, 4) is 5.75 Å². The molecule has 2 aromatic rings. The topological polar surface area (TPSA) is 98.1 Å². The maximum atomic E-state index is 13.0. The van der Waals surface area contributed by atoms with Crippen LogP contribution in [0.4, 0.5) is 5.69 Å². The predicted molar refractivity (Wildman–Crippen MR) is 132 cm³/mol. The van der Waals surface area contributed by atoms with Crippen molar-refractivity contribution in [3.63, 3.8) is 0 Å². The van der Waals surface area contributed by atoms with Gasteiger partial charge in [-0.25, -0.2) is 0 Å². The van der Waals surface area contributed by atoms with Crippen LogP contribution in [0.2, 0.25) is 0 Å². The van der Waals surface area contributed by atoms with Gasteiger partial charge in [-0.1, -0.05) is 77.4 Å². The van der Waals surface area contributed by atoms with Gasteiger partial charge < -0.3 is 14.9 Å². The number of hydrogen-bond acceptors (Lipinski definition) is 4. The third kappa shape index (κ3) is 6.97. The van der Waals surface area contributed by atoms with E-state index in [2.05, 4.69) is 13.8 Å². The molecule has 1 heterocycles. The molecule has 3 rings (SSSR count). The van der Waals surface area contributed by atoms with Gasteiger partial charge >= 0.3 is 7.60 Å². The summed E-state index contributed by atoms with van der Waals surface area (Å²) in [5.74, 6) is -0.275. The molecule has 1 aliphatic rings. The van der Waals surface area contributed by atoms with Gasteiger partial charge in [-0.2, -0.15) is 0 Å². The van der Waals surface area contributed by atoms with Crippen LogP contribution in [-0.2, 0) is 14.8 Å². The fourth-order valence-corrected chi connectivity index (χ4v) is 4.69. The molecule has 0 aliphatic carbocycles. The average Bonchev–Trinajstić information content (AvgIpc) is 2.71. The van der Waals surface area contributed by atoms with Crippen LogP contribution in [0.15, 0.2) is 52.3 Å². The lowest BCUT2D eigenvalue weighted by atomic mass is 9.85. The number of amides is 1. The van der Waals surface area contributed by atoms with E-state index >= 15 is 0 Å². The van der Waals surface area contributed by atoms with Crippen molar-refractivity contribution in [2.45, 2.75) is 57.8 Å². The second-order valence-electron chi connectivity index (χ2n) is 8.64. The van der Waals surface area contributed by atoms with E-state index in [1.54, 1.807) is 30.3 Å². The van der Waals surface area contributed by atoms with Crippen molar-refractivity contribution in [2.24, 2.45) is 0 Å². The van der Waals surface area contributed by atoms with Crippen LogP contribution < -0.4 is 4.90 Å². The molecular formula is C24H32NO5PS.